The van der Waals surface area contributed by atoms with Crippen LogP contribution < -0.4 is 4.72 Å². The number of carboxylic acid groups (broad SMARTS) is 1. The predicted octanol–water partition coefficient (Wildman–Crippen LogP) is 1.67. The highest BCUT2D eigenvalue weighted by Crippen LogP contribution is 2.24. The van der Waals surface area contributed by atoms with Crippen LogP contribution in [0.1, 0.15) is 10.4 Å². The summed E-state index contributed by atoms with van der Waals surface area (Å²) in [5.41, 5.74) is -0.0103. The zero-order chi connectivity index (χ0) is 14.0. The number of anilines is 1. The Labute approximate surface area is 116 Å². The molecule has 2 rings (SSSR count). The van der Waals surface area contributed by atoms with E-state index >= 15 is 0 Å². The van der Waals surface area contributed by atoms with Crippen LogP contribution in [-0.4, -0.2) is 29.5 Å². The molecule has 1 heterocycles. The number of sulfonamides is 1. The number of rotatable bonds is 4. The zero-order valence-corrected chi connectivity index (χ0v) is 11.7. The van der Waals surface area contributed by atoms with Crippen LogP contribution >= 0.6 is 15.9 Å². The quantitative estimate of drug-likeness (QED) is 0.780. The van der Waals surface area contributed by atoms with Crippen molar-refractivity contribution in [3.05, 3.63) is 40.6 Å². The van der Waals surface area contributed by atoms with Crippen molar-refractivity contribution in [3.8, 4) is 0 Å². The normalized spacial score (nSPS) is 11.2. The molecule has 7 nitrogen and oxygen atoms in total. The number of nitrogens with zero attached hydrogens (tertiary/aromatic N) is 1. The van der Waals surface area contributed by atoms with Gasteiger partial charge in [0.25, 0.3) is 10.0 Å². The Kier molecular flexibility index (Phi) is 3.58. The molecule has 0 aliphatic heterocycles. The van der Waals surface area contributed by atoms with E-state index < -0.39 is 16.0 Å². The number of aromatic amines is 1. The third-order valence-corrected chi connectivity index (χ3v) is 4.51. The first-order valence-electron chi connectivity index (χ1n) is 4.95. The molecule has 0 saturated heterocycles. The maximum Gasteiger partial charge on any atom is 0.335 e. The van der Waals surface area contributed by atoms with Gasteiger partial charge in [-0.2, -0.15) is 0 Å². The highest BCUT2D eigenvalue weighted by Gasteiger charge is 2.19. The SMILES string of the molecule is O=C(O)c1ccc(S(=O)(=O)Nc2ncc[nH]2)c(Br)c1. The zero-order valence-electron chi connectivity index (χ0n) is 9.29. The second kappa shape index (κ2) is 5.02. The van der Waals surface area contributed by atoms with Crippen LogP contribution in [0.4, 0.5) is 5.95 Å². The molecule has 0 unspecified atom stereocenters. The monoisotopic (exact) mass is 345 g/mol. The van der Waals surface area contributed by atoms with E-state index in [9.17, 15) is 13.2 Å². The van der Waals surface area contributed by atoms with E-state index in [1.165, 1.54) is 30.6 Å². The van der Waals surface area contributed by atoms with Crippen LogP contribution in [0.3, 0.4) is 0 Å². The molecule has 0 bridgehead atoms. The highest BCUT2D eigenvalue weighted by atomic mass is 79.9. The lowest BCUT2D eigenvalue weighted by molar-refractivity contribution is 0.0696. The van der Waals surface area contributed by atoms with Crippen molar-refractivity contribution in [1.29, 1.82) is 0 Å². The maximum absolute atomic E-state index is 12.1. The molecule has 100 valence electrons. The van der Waals surface area contributed by atoms with E-state index in [0.29, 0.717) is 0 Å². The van der Waals surface area contributed by atoms with Gasteiger partial charge in [0.2, 0.25) is 5.95 Å². The Hall–Kier alpha value is -1.87. The topological polar surface area (TPSA) is 112 Å². The Bertz CT molecular complexity index is 712. The number of benzene rings is 1. The Morgan fingerprint density at radius 1 is 1.42 bits per heavy atom. The van der Waals surface area contributed by atoms with Gasteiger partial charge in [-0.3, -0.25) is 0 Å². The van der Waals surface area contributed by atoms with Gasteiger partial charge in [0.1, 0.15) is 4.90 Å². The standard InChI is InChI=1S/C10H8BrN3O4S/c11-7-5-6(9(15)16)1-2-8(7)19(17,18)14-10-12-3-4-13-10/h1-5H,(H,15,16)(H2,12,13,14). The summed E-state index contributed by atoms with van der Waals surface area (Å²) in [4.78, 5) is 17.0. The average molecular weight is 346 g/mol. The number of carbonyl (C=O) groups is 1. The van der Waals surface area contributed by atoms with Gasteiger partial charge >= 0.3 is 5.97 Å². The second-order valence-corrected chi connectivity index (χ2v) is 6.00. The number of imidazole rings is 1. The number of hydrogen-bond acceptors (Lipinski definition) is 4. The van der Waals surface area contributed by atoms with Gasteiger partial charge in [-0.05, 0) is 34.1 Å². The van der Waals surface area contributed by atoms with Gasteiger partial charge in [0.05, 0.1) is 5.56 Å². The molecule has 0 spiro atoms. The van der Waals surface area contributed by atoms with Gasteiger partial charge in [-0.15, -0.1) is 0 Å². The fraction of sp³-hybridized carbons (Fsp3) is 0. The molecule has 2 aromatic rings. The Balaban J connectivity index is 2.38. The largest absolute Gasteiger partial charge is 0.478 e. The third-order valence-electron chi connectivity index (χ3n) is 2.20. The van der Waals surface area contributed by atoms with Crippen LogP contribution in [0, 0.1) is 0 Å². The van der Waals surface area contributed by atoms with Crippen LogP contribution in [0.15, 0.2) is 40.0 Å². The first-order valence-corrected chi connectivity index (χ1v) is 7.23. The molecule has 0 aliphatic rings. The van der Waals surface area contributed by atoms with Crippen molar-refractivity contribution in [2.24, 2.45) is 0 Å². The minimum absolute atomic E-state index is 0.0103. The van der Waals surface area contributed by atoms with E-state index in [2.05, 4.69) is 30.6 Å². The number of aromatic carboxylic acids is 1. The van der Waals surface area contributed by atoms with E-state index in [0.717, 1.165) is 0 Å². The summed E-state index contributed by atoms with van der Waals surface area (Å²) in [6.07, 6.45) is 2.88. The summed E-state index contributed by atoms with van der Waals surface area (Å²) in [5, 5.41) is 8.81. The lowest BCUT2D eigenvalue weighted by Crippen LogP contribution is -2.15. The predicted molar refractivity (Wildman–Crippen MR) is 70.5 cm³/mol. The van der Waals surface area contributed by atoms with E-state index in [1.807, 2.05) is 0 Å². The fourth-order valence-corrected chi connectivity index (χ4v) is 3.41. The van der Waals surface area contributed by atoms with Crippen LogP contribution in [0.2, 0.25) is 0 Å². The van der Waals surface area contributed by atoms with Crippen LogP contribution in [0.25, 0.3) is 0 Å². The van der Waals surface area contributed by atoms with Crippen LogP contribution in [0.5, 0.6) is 0 Å². The van der Waals surface area contributed by atoms with E-state index in [4.69, 9.17) is 5.11 Å². The first kappa shape index (κ1) is 13.6. The summed E-state index contributed by atoms with van der Waals surface area (Å²) in [5.74, 6) is -1.06. The first-order chi connectivity index (χ1) is 8.90. The van der Waals surface area contributed by atoms with Crippen molar-refractivity contribution in [2.75, 3.05) is 4.72 Å². The summed E-state index contributed by atoms with van der Waals surface area (Å²) in [6, 6.07) is 3.64. The summed E-state index contributed by atoms with van der Waals surface area (Å²) in [7, 11) is -3.84. The Morgan fingerprint density at radius 2 is 2.16 bits per heavy atom. The van der Waals surface area contributed by atoms with Crippen LogP contribution in [-0.2, 0) is 10.0 Å². The van der Waals surface area contributed by atoms with Crippen molar-refractivity contribution in [1.82, 2.24) is 9.97 Å². The molecule has 0 aliphatic carbocycles. The molecular weight excluding hydrogens is 338 g/mol. The van der Waals surface area contributed by atoms with Gasteiger partial charge in [0, 0.05) is 16.9 Å². The number of aromatic nitrogens is 2. The number of nitrogens with one attached hydrogen (secondary N) is 2. The smallest absolute Gasteiger partial charge is 0.335 e. The molecule has 1 aromatic heterocycles. The molecule has 0 atom stereocenters. The Morgan fingerprint density at radius 3 is 2.68 bits per heavy atom. The molecule has 0 radical (unpaired) electrons. The summed E-state index contributed by atoms with van der Waals surface area (Å²) < 4.78 is 26.5. The van der Waals surface area contributed by atoms with Gasteiger partial charge < -0.3 is 10.1 Å². The average Bonchev–Trinajstić information content (AvgIpc) is 2.80. The highest BCUT2D eigenvalue weighted by molar-refractivity contribution is 9.10. The lowest BCUT2D eigenvalue weighted by Gasteiger charge is -2.08. The molecule has 19 heavy (non-hydrogen) atoms. The second-order valence-electron chi connectivity index (χ2n) is 3.49. The van der Waals surface area contributed by atoms with Crippen molar-refractivity contribution in [2.45, 2.75) is 4.90 Å². The fourth-order valence-electron chi connectivity index (χ4n) is 1.36. The molecule has 0 amide bonds. The van der Waals surface area contributed by atoms with Gasteiger partial charge in [0.15, 0.2) is 0 Å². The molecular formula is C10H8BrN3O4S. The number of H-pyrrole nitrogens is 1. The van der Waals surface area contributed by atoms with Gasteiger partial charge in [-0.25, -0.2) is 22.9 Å². The number of halogens is 1. The minimum atomic E-state index is -3.84. The number of hydrogen-bond donors (Lipinski definition) is 3. The molecule has 0 fully saturated rings. The minimum Gasteiger partial charge on any atom is -0.478 e. The maximum atomic E-state index is 12.1. The van der Waals surface area contributed by atoms with E-state index in [-0.39, 0.29) is 20.9 Å². The van der Waals surface area contributed by atoms with E-state index in [1.54, 1.807) is 0 Å². The summed E-state index contributed by atoms with van der Waals surface area (Å²) >= 11 is 3.04. The van der Waals surface area contributed by atoms with Crippen molar-refractivity contribution < 1.29 is 18.3 Å². The lowest BCUT2D eigenvalue weighted by atomic mass is 10.2. The molecule has 0 saturated carbocycles. The third kappa shape index (κ3) is 2.93. The molecule has 1 aromatic carbocycles. The molecule has 9 heteroatoms. The number of carboxylic acids is 1. The van der Waals surface area contributed by atoms with Crippen molar-refractivity contribution >= 4 is 37.9 Å². The molecule has 3 N–H and O–H groups in total. The summed E-state index contributed by atoms with van der Waals surface area (Å²) in [6.45, 7) is 0. The van der Waals surface area contributed by atoms with Gasteiger partial charge in [-0.1, -0.05) is 0 Å². The van der Waals surface area contributed by atoms with Crippen molar-refractivity contribution in [3.63, 3.8) is 0 Å².